The highest BCUT2D eigenvalue weighted by Crippen LogP contribution is 2.20. The van der Waals surface area contributed by atoms with Gasteiger partial charge in [0.25, 0.3) is 0 Å². The quantitative estimate of drug-likeness (QED) is 0.564. The van der Waals surface area contributed by atoms with Crippen LogP contribution in [0, 0.1) is 0 Å². The van der Waals surface area contributed by atoms with Crippen LogP contribution in [0.4, 0.5) is 0 Å². The molecule has 0 amide bonds. The Kier molecular flexibility index (Phi) is 4.23. The molecule has 14 heavy (non-hydrogen) atoms. The van der Waals surface area contributed by atoms with Crippen LogP contribution in [-0.4, -0.2) is 9.04 Å². The van der Waals surface area contributed by atoms with E-state index in [0.717, 1.165) is 16.3 Å². The Morgan fingerprint density at radius 2 is 2.14 bits per heavy atom. The summed E-state index contributed by atoms with van der Waals surface area (Å²) >= 11 is 5.91. The number of hydrogen-bond donors (Lipinski definition) is 0. The first kappa shape index (κ1) is 11.3. The Labute approximate surface area is 92.1 Å². The van der Waals surface area contributed by atoms with E-state index in [1.165, 1.54) is 0 Å². The van der Waals surface area contributed by atoms with Gasteiger partial charge in [-0.05, 0) is 38.2 Å². The third-order valence-electron chi connectivity index (χ3n) is 1.73. The van der Waals surface area contributed by atoms with Gasteiger partial charge in [0, 0.05) is 10.6 Å². The van der Waals surface area contributed by atoms with E-state index in [2.05, 4.69) is 13.1 Å². The summed E-state index contributed by atoms with van der Waals surface area (Å²) in [7, 11) is -1.04. The van der Waals surface area contributed by atoms with Crippen LogP contribution in [0.5, 0.6) is 0 Å². The van der Waals surface area contributed by atoms with Gasteiger partial charge in [-0.3, -0.25) is 0 Å². The highest BCUT2D eigenvalue weighted by atomic mass is 35.5. The molecule has 0 atom stereocenters. The van der Waals surface area contributed by atoms with Gasteiger partial charge in [-0.15, -0.1) is 0 Å². The number of allylic oxidation sites excluding steroid dienone is 1. The van der Waals surface area contributed by atoms with Crippen LogP contribution in [-0.2, 0) is 4.43 Å². The molecule has 0 spiro atoms. The largest absolute Gasteiger partial charge is 0.547 e. The van der Waals surface area contributed by atoms with Crippen molar-refractivity contribution in [3.05, 3.63) is 40.9 Å². The molecule has 1 nitrogen and oxygen atoms in total. The Morgan fingerprint density at radius 1 is 1.43 bits per heavy atom. The fraction of sp³-hybridized carbons (Fsp3) is 0.273. The molecule has 76 valence electrons. The van der Waals surface area contributed by atoms with Crippen molar-refractivity contribution in [3.8, 4) is 0 Å². The molecular weight excluding hydrogens is 212 g/mol. The second kappa shape index (κ2) is 5.22. The Morgan fingerprint density at radius 3 is 2.64 bits per heavy atom. The molecule has 0 saturated heterocycles. The number of benzene rings is 1. The molecule has 0 saturated carbocycles. The first-order chi connectivity index (χ1) is 6.63. The predicted molar refractivity (Wildman–Crippen MR) is 65.1 cm³/mol. The summed E-state index contributed by atoms with van der Waals surface area (Å²) in [5, 5.41) is 0.746. The third kappa shape index (κ3) is 3.20. The van der Waals surface area contributed by atoms with E-state index >= 15 is 0 Å². The lowest BCUT2D eigenvalue weighted by molar-refractivity contribution is 0.536. The number of halogens is 1. The summed E-state index contributed by atoms with van der Waals surface area (Å²) in [4.78, 5) is 0. The first-order valence-corrected chi connectivity index (χ1v) is 7.88. The standard InChI is InChI=1S/C11H15ClOSi/c1-4-11(13-14(2)3)9-6-5-7-10(12)8-9/h4-8,14H,1-3H3/b11-4-. The van der Waals surface area contributed by atoms with E-state index in [9.17, 15) is 0 Å². The van der Waals surface area contributed by atoms with Gasteiger partial charge in [0.05, 0.1) is 0 Å². The molecule has 0 radical (unpaired) electrons. The van der Waals surface area contributed by atoms with Crippen LogP contribution in [0.15, 0.2) is 30.3 Å². The molecule has 0 fully saturated rings. The van der Waals surface area contributed by atoms with E-state index in [4.69, 9.17) is 16.0 Å². The van der Waals surface area contributed by atoms with Crippen LogP contribution < -0.4 is 0 Å². The number of hydrogen-bond acceptors (Lipinski definition) is 1. The lowest BCUT2D eigenvalue weighted by atomic mass is 10.2. The molecule has 1 aromatic rings. The Bertz CT molecular complexity index is 334. The van der Waals surface area contributed by atoms with E-state index < -0.39 is 9.04 Å². The molecule has 1 rings (SSSR count). The smallest absolute Gasteiger partial charge is 0.229 e. The van der Waals surface area contributed by atoms with E-state index in [1.54, 1.807) is 0 Å². The summed E-state index contributed by atoms with van der Waals surface area (Å²) in [5.41, 5.74) is 1.06. The van der Waals surface area contributed by atoms with Crippen molar-refractivity contribution in [2.45, 2.75) is 20.0 Å². The number of rotatable bonds is 3. The van der Waals surface area contributed by atoms with Crippen LogP contribution in [0.1, 0.15) is 12.5 Å². The van der Waals surface area contributed by atoms with Crippen molar-refractivity contribution < 1.29 is 4.43 Å². The molecule has 0 aromatic heterocycles. The average molecular weight is 227 g/mol. The zero-order chi connectivity index (χ0) is 10.6. The van der Waals surface area contributed by atoms with Gasteiger partial charge < -0.3 is 4.43 Å². The van der Waals surface area contributed by atoms with Gasteiger partial charge in [0.15, 0.2) is 0 Å². The summed E-state index contributed by atoms with van der Waals surface area (Å²) in [5.74, 6) is 0.939. The van der Waals surface area contributed by atoms with Gasteiger partial charge >= 0.3 is 0 Å². The lowest BCUT2D eigenvalue weighted by Crippen LogP contribution is -2.06. The maximum atomic E-state index is 5.91. The molecule has 0 heterocycles. The fourth-order valence-electron chi connectivity index (χ4n) is 1.20. The Balaban J connectivity index is 2.90. The van der Waals surface area contributed by atoms with Crippen molar-refractivity contribution in [2.75, 3.05) is 0 Å². The highest BCUT2D eigenvalue weighted by Gasteiger charge is 2.04. The third-order valence-corrected chi connectivity index (χ3v) is 2.69. The second-order valence-electron chi connectivity index (χ2n) is 3.33. The van der Waals surface area contributed by atoms with Gasteiger partial charge in [-0.25, -0.2) is 0 Å². The molecule has 0 unspecified atom stereocenters. The van der Waals surface area contributed by atoms with Gasteiger partial charge in [-0.1, -0.05) is 23.7 Å². The second-order valence-corrected chi connectivity index (χ2v) is 6.10. The van der Waals surface area contributed by atoms with Crippen LogP contribution in [0.2, 0.25) is 18.1 Å². The van der Waals surface area contributed by atoms with Gasteiger partial charge in [0.2, 0.25) is 9.04 Å². The topological polar surface area (TPSA) is 9.23 Å². The lowest BCUT2D eigenvalue weighted by Gasteiger charge is -2.13. The van der Waals surface area contributed by atoms with Crippen molar-refractivity contribution in [1.82, 2.24) is 0 Å². The van der Waals surface area contributed by atoms with E-state index in [1.807, 2.05) is 37.3 Å². The van der Waals surface area contributed by atoms with Crippen molar-refractivity contribution in [3.63, 3.8) is 0 Å². The maximum Gasteiger partial charge on any atom is 0.229 e. The molecule has 0 aliphatic rings. The minimum atomic E-state index is -1.04. The SMILES string of the molecule is C/C=C(\O[SiH](C)C)c1cccc(Cl)c1. The molecular formula is C11H15ClOSi. The normalized spacial score (nSPS) is 11.9. The van der Waals surface area contributed by atoms with Crippen LogP contribution in [0.25, 0.3) is 5.76 Å². The zero-order valence-corrected chi connectivity index (χ0v) is 10.7. The molecule has 3 heteroatoms. The maximum absolute atomic E-state index is 5.91. The van der Waals surface area contributed by atoms with E-state index in [-0.39, 0.29) is 0 Å². The molecule has 0 aliphatic carbocycles. The van der Waals surface area contributed by atoms with Gasteiger partial charge in [-0.2, -0.15) is 0 Å². The minimum Gasteiger partial charge on any atom is -0.547 e. The molecule has 0 bridgehead atoms. The molecule has 1 aromatic carbocycles. The van der Waals surface area contributed by atoms with Gasteiger partial charge in [0.1, 0.15) is 5.76 Å². The summed E-state index contributed by atoms with van der Waals surface area (Å²) in [6.45, 7) is 6.27. The van der Waals surface area contributed by atoms with Crippen molar-refractivity contribution in [2.24, 2.45) is 0 Å². The average Bonchev–Trinajstić information content (AvgIpc) is 2.14. The Hall–Kier alpha value is -0.733. The summed E-state index contributed by atoms with van der Waals surface area (Å²) < 4.78 is 5.78. The summed E-state index contributed by atoms with van der Waals surface area (Å²) in [6.07, 6.45) is 1.98. The van der Waals surface area contributed by atoms with Crippen molar-refractivity contribution >= 4 is 26.4 Å². The first-order valence-electron chi connectivity index (χ1n) is 4.72. The summed E-state index contributed by atoms with van der Waals surface area (Å²) in [6, 6.07) is 7.74. The van der Waals surface area contributed by atoms with E-state index in [0.29, 0.717) is 0 Å². The van der Waals surface area contributed by atoms with Crippen molar-refractivity contribution in [1.29, 1.82) is 0 Å². The zero-order valence-electron chi connectivity index (χ0n) is 8.75. The molecule has 0 N–H and O–H groups in total. The fourth-order valence-corrected chi connectivity index (χ4v) is 2.17. The monoisotopic (exact) mass is 226 g/mol. The molecule has 0 aliphatic heterocycles. The van der Waals surface area contributed by atoms with Crippen LogP contribution in [0.3, 0.4) is 0 Å². The predicted octanol–water partition coefficient (Wildman–Crippen LogP) is 3.70. The minimum absolute atomic E-state index is 0.746. The highest BCUT2D eigenvalue weighted by molar-refractivity contribution is 6.49. The van der Waals surface area contributed by atoms with Crippen LogP contribution >= 0.6 is 11.6 Å².